The third-order valence-corrected chi connectivity index (χ3v) is 3.61. The Balaban J connectivity index is 2.60. The van der Waals surface area contributed by atoms with Crippen LogP contribution in [0.2, 0.25) is 0 Å². The summed E-state index contributed by atoms with van der Waals surface area (Å²) in [5.41, 5.74) is 5.82. The van der Waals surface area contributed by atoms with Crippen molar-refractivity contribution < 1.29 is 5.11 Å². The molecule has 3 unspecified atom stereocenters. The van der Waals surface area contributed by atoms with Crippen molar-refractivity contribution in [1.29, 1.82) is 0 Å². The van der Waals surface area contributed by atoms with Crippen molar-refractivity contribution in [2.75, 3.05) is 6.54 Å². The van der Waals surface area contributed by atoms with E-state index in [1.165, 1.54) is 6.42 Å². The molecule has 2 nitrogen and oxygen atoms in total. The van der Waals surface area contributed by atoms with E-state index in [-0.39, 0.29) is 11.5 Å². The maximum Gasteiger partial charge on any atom is 0.0576 e. The Morgan fingerprint density at radius 2 is 2.00 bits per heavy atom. The van der Waals surface area contributed by atoms with Crippen LogP contribution in [0.25, 0.3) is 0 Å². The molecule has 1 aliphatic rings. The van der Waals surface area contributed by atoms with Gasteiger partial charge in [0.2, 0.25) is 0 Å². The summed E-state index contributed by atoms with van der Waals surface area (Å²) in [5, 5.41) is 9.95. The smallest absolute Gasteiger partial charge is 0.0576 e. The highest BCUT2D eigenvalue weighted by Gasteiger charge is 2.37. The first-order valence-electron chi connectivity index (χ1n) is 5.35. The summed E-state index contributed by atoms with van der Waals surface area (Å²) < 4.78 is 0. The number of hydrogen-bond donors (Lipinski definition) is 2. The van der Waals surface area contributed by atoms with Gasteiger partial charge in [0.15, 0.2) is 0 Å². The highest BCUT2D eigenvalue weighted by molar-refractivity contribution is 4.88. The maximum absolute atomic E-state index is 9.95. The van der Waals surface area contributed by atoms with Crippen LogP contribution in [0.3, 0.4) is 0 Å². The molecular weight excluding hydrogens is 162 g/mol. The molecule has 1 aliphatic carbocycles. The van der Waals surface area contributed by atoms with Crippen LogP contribution in [0.1, 0.15) is 40.0 Å². The number of nitrogens with two attached hydrogens (primary N) is 1. The Labute approximate surface area is 81.5 Å². The van der Waals surface area contributed by atoms with Gasteiger partial charge in [-0.25, -0.2) is 0 Å². The summed E-state index contributed by atoms with van der Waals surface area (Å²) in [4.78, 5) is 0. The Morgan fingerprint density at radius 3 is 2.46 bits per heavy atom. The second-order valence-corrected chi connectivity index (χ2v) is 5.28. The van der Waals surface area contributed by atoms with Gasteiger partial charge in [0.05, 0.1) is 6.10 Å². The summed E-state index contributed by atoms with van der Waals surface area (Å²) in [7, 11) is 0. The van der Waals surface area contributed by atoms with E-state index in [0.29, 0.717) is 18.4 Å². The lowest BCUT2D eigenvalue weighted by atomic mass is 9.67. The van der Waals surface area contributed by atoms with Crippen molar-refractivity contribution in [3.8, 4) is 0 Å². The average molecular weight is 185 g/mol. The highest BCUT2D eigenvalue weighted by Crippen LogP contribution is 2.39. The topological polar surface area (TPSA) is 46.2 Å². The van der Waals surface area contributed by atoms with Gasteiger partial charge in [0.25, 0.3) is 0 Å². The second kappa shape index (κ2) is 3.97. The molecule has 0 spiro atoms. The monoisotopic (exact) mass is 185 g/mol. The first kappa shape index (κ1) is 11.0. The van der Waals surface area contributed by atoms with Crippen LogP contribution in [0.4, 0.5) is 0 Å². The molecule has 0 radical (unpaired) electrons. The van der Waals surface area contributed by atoms with Gasteiger partial charge in [-0.3, -0.25) is 0 Å². The van der Waals surface area contributed by atoms with Gasteiger partial charge < -0.3 is 10.8 Å². The summed E-state index contributed by atoms with van der Waals surface area (Å²) in [5.74, 6) is 1.08. The van der Waals surface area contributed by atoms with E-state index in [0.717, 1.165) is 12.8 Å². The van der Waals surface area contributed by atoms with Gasteiger partial charge in [-0.15, -0.1) is 0 Å². The van der Waals surface area contributed by atoms with Crippen LogP contribution >= 0.6 is 0 Å². The molecule has 0 aromatic rings. The normalized spacial score (nSPS) is 36.2. The number of rotatable bonds is 2. The van der Waals surface area contributed by atoms with Gasteiger partial charge >= 0.3 is 0 Å². The fourth-order valence-electron chi connectivity index (χ4n) is 2.41. The van der Waals surface area contributed by atoms with E-state index in [2.05, 4.69) is 20.8 Å². The average Bonchev–Trinajstić information content (AvgIpc) is 2.03. The summed E-state index contributed by atoms with van der Waals surface area (Å²) in [6.07, 6.45) is 3.19. The van der Waals surface area contributed by atoms with E-state index in [4.69, 9.17) is 5.73 Å². The largest absolute Gasteiger partial charge is 0.393 e. The van der Waals surface area contributed by atoms with Crippen molar-refractivity contribution in [1.82, 2.24) is 0 Å². The van der Waals surface area contributed by atoms with Crippen molar-refractivity contribution in [3.05, 3.63) is 0 Å². The van der Waals surface area contributed by atoms with Crippen LogP contribution in [-0.4, -0.2) is 17.8 Å². The predicted molar refractivity (Wildman–Crippen MR) is 55.3 cm³/mol. The number of hydrogen-bond acceptors (Lipinski definition) is 2. The zero-order valence-electron chi connectivity index (χ0n) is 9.09. The lowest BCUT2D eigenvalue weighted by Gasteiger charge is -2.41. The first-order valence-corrected chi connectivity index (χ1v) is 5.35. The van der Waals surface area contributed by atoms with E-state index in [9.17, 15) is 5.11 Å². The molecular formula is C11H23NO. The maximum atomic E-state index is 9.95. The molecule has 0 bridgehead atoms. The fourth-order valence-corrected chi connectivity index (χ4v) is 2.41. The molecule has 0 amide bonds. The van der Waals surface area contributed by atoms with E-state index in [1.807, 2.05) is 0 Å². The molecule has 1 rings (SSSR count). The molecule has 2 heteroatoms. The molecule has 1 saturated carbocycles. The molecule has 3 atom stereocenters. The molecule has 0 heterocycles. The summed E-state index contributed by atoms with van der Waals surface area (Å²) >= 11 is 0. The van der Waals surface area contributed by atoms with Gasteiger partial charge in [-0.2, -0.15) is 0 Å². The van der Waals surface area contributed by atoms with Crippen LogP contribution < -0.4 is 5.73 Å². The number of aliphatic hydroxyl groups is 1. The molecule has 0 aromatic carbocycles. The van der Waals surface area contributed by atoms with Crippen molar-refractivity contribution >= 4 is 0 Å². The number of aliphatic hydroxyl groups excluding tert-OH is 1. The quantitative estimate of drug-likeness (QED) is 0.688. The van der Waals surface area contributed by atoms with Crippen LogP contribution in [-0.2, 0) is 0 Å². The fraction of sp³-hybridized carbons (Fsp3) is 1.00. The van der Waals surface area contributed by atoms with Gasteiger partial charge in [-0.1, -0.05) is 27.2 Å². The minimum absolute atomic E-state index is 0.0968. The van der Waals surface area contributed by atoms with E-state index < -0.39 is 0 Å². The van der Waals surface area contributed by atoms with Gasteiger partial charge in [0, 0.05) is 0 Å². The van der Waals surface area contributed by atoms with Crippen LogP contribution in [0.5, 0.6) is 0 Å². The predicted octanol–water partition coefficient (Wildman–Crippen LogP) is 1.77. The lowest BCUT2D eigenvalue weighted by molar-refractivity contribution is -0.00916. The molecule has 0 aromatic heterocycles. The SMILES string of the molecule is CC1CCC(C(C)(C)CN)C(O)C1. The molecule has 0 saturated heterocycles. The van der Waals surface area contributed by atoms with Crippen LogP contribution in [0, 0.1) is 17.3 Å². The van der Waals surface area contributed by atoms with E-state index in [1.54, 1.807) is 0 Å². The summed E-state index contributed by atoms with van der Waals surface area (Å²) in [6, 6.07) is 0. The molecule has 1 fully saturated rings. The Kier molecular flexibility index (Phi) is 3.36. The standard InChI is InChI=1S/C11H23NO/c1-8-4-5-9(10(13)6-8)11(2,3)7-12/h8-10,13H,4-7,12H2,1-3H3. The third kappa shape index (κ3) is 2.44. The summed E-state index contributed by atoms with van der Waals surface area (Å²) in [6.45, 7) is 7.21. The molecule has 13 heavy (non-hydrogen) atoms. The second-order valence-electron chi connectivity index (χ2n) is 5.28. The van der Waals surface area contributed by atoms with Gasteiger partial charge in [-0.05, 0) is 36.6 Å². The van der Waals surface area contributed by atoms with Crippen molar-refractivity contribution in [3.63, 3.8) is 0 Å². The van der Waals surface area contributed by atoms with Crippen molar-refractivity contribution in [2.24, 2.45) is 23.0 Å². The van der Waals surface area contributed by atoms with E-state index >= 15 is 0 Å². The highest BCUT2D eigenvalue weighted by atomic mass is 16.3. The molecule has 3 N–H and O–H groups in total. The Bertz CT molecular complexity index is 167. The lowest BCUT2D eigenvalue weighted by Crippen LogP contribution is -2.42. The first-order chi connectivity index (χ1) is 5.97. The minimum atomic E-state index is -0.137. The molecule has 78 valence electrons. The zero-order valence-corrected chi connectivity index (χ0v) is 9.09. The Hall–Kier alpha value is -0.0800. The third-order valence-electron chi connectivity index (χ3n) is 3.61. The van der Waals surface area contributed by atoms with Crippen LogP contribution in [0.15, 0.2) is 0 Å². The van der Waals surface area contributed by atoms with Crippen molar-refractivity contribution in [2.45, 2.75) is 46.1 Å². The molecule has 0 aliphatic heterocycles. The zero-order chi connectivity index (χ0) is 10.1. The minimum Gasteiger partial charge on any atom is -0.393 e. The van der Waals surface area contributed by atoms with Gasteiger partial charge in [0.1, 0.15) is 0 Å². The Morgan fingerprint density at radius 1 is 1.38 bits per heavy atom.